The first kappa shape index (κ1) is 15.9. The Labute approximate surface area is 126 Å². The summed E-state index contributed by atoms with van der Waals surface area (Å²) >= 11 is 0. The lowest BCUT2D eigenvalue weighted by molar-refractivity contribution is -0.138. The van der Waals surface area contributed by atoms with Gasteiger partial charge in [-0.2, -0.15) is 0 Å². The Morgan fingerprint density at radius 1 is 1.52 bits per heavy atom. The van der Waals surface area contributed by atoms with Gasteiger partial charge in [-0.25, -0.2) is 0 Å². The minimum absolute atomic E-state index is 0.304. The van der Waals surface area contributed by atoms with E-state index in [9.17, 15) is 4.79 Å². The van der Waals surface area contributed by atoms with Crippen molar-refractivity contribution in [1.82, 2.24) is 15.2 Å². The standard InChI is InChI=1S/C16H25N3O2/c1-19(12-13-3-2-6-17-10-13)8-5-15-11-18-7-4-14(15)9-16(20)21/h2-3,6,10,14-15,18H,4-5,7-9,11-12H2,1H3,(H,20,21)/t14-,15-/m0/s1. The molecule has 1 aromatic rings. The summed E-state index contributed by atoms with van der Waals surface area (Å²) in [6, 6.07) is 4.04. The molecule has 0 bridgehead atoms. The van der Waals surface area contributed by atoms with Crippen molar-refractivity contribution in [1.29, 1.82) is 0 Å². The zero-order chi connectivity index (χ0) is 15.1. The number of nitrogens with zero attached hydrogens (tertiary/aromatic N) is 2. The fourth-order valence-electron chi connectivity index (χ4n) is 3.08. The second-order valence-corrected chi connectivity index (χ2v) is 6.00. The number of hydrogen-bond acceptors (Lipinski definition) is 4. The highest BCUT2D eigenvalue weighted by Gasteiger charge is 2.26. The van der Waals surface area contributed by atoms with Crippen molar-refractivity contribution < 1.29 is 9.90 Å². The molecule has 1 fully saturated rings. The van der Waals surface area contributed by atoms with Crippen molar-refractivity contribution in [2.24, 2.45) is 11.8 Å². The molecule has 0 aliphatic carbocycles. The Bertz CT molecular complexity index is 438. The minimum Gasteiger partial charge on any atom is -0.481 e. The molecule has 1 aliphatic rings. The maximum Gasteiger partial charge on any atom is 0.303 e. The predicted molar refractivity (Wildman–Crippen MR) is 81.9 cm³/mol. The van der Waals surface area contributed by atoms with Crippen LogP contribution < -0.4 is 5.32 Å². The van der Waals surface area contributed by atoms with E-state index in [1.54, 1.807) is 6.20 Å². The van der Waals surface area contributed by atoms with E-state index in [0.717, 1.165) is 39.0 Å². The molecule has 0 amide bonds. The van der Waals surface area contributed by atoms with Crippen LogP contribution in [0.3, 0.4) is 0 Å². The molecule has 0 radical (unpaired) electrons. The summed E-state index contributed by atoms with van der Waals surface area (Å²) in [6.07, 6.45) is 6.00. The maximum absolute atomic E-state index is 11.0. The Morgan fingerprint density at radius 2 is 2.38 bits per heavy atom. The van der Waals surface area contributed by atoms with Gasteiger partial charge in [-0.05, 0) is 63.0 Å². The van der Waals surface area contributed by atoms with Crippen LogP contribution in [-0.2, 0) is 11.3 Å². The van der Waals surface area contributed by atoms with Crippen LogP contribution in [0.1, 0.15) is 24.8 Å². The molecule has 1 aliphatic heterocycles. The molecule has 1 saturated heterocycles. The zero-order valence-corrected chi connectivity index (χ0v) is 12.7. The van der Waals surface area contributed by atoms with Crippen LogP contribution in [0, 0.1) is 11.8 Å². The van der Waals surface area contributed by atoms with E-state index in [0.29, 0.717) is 18.3 Å². The number of aliphatic carboxylic acids is 1. The van der Waals surface area contributed by atoms with Crippen LogP contribution in [0.4, 0.5) is 0 Å². The molecule has 0 spiro atoms. The summed E-state index contributed by atoms with van der Waals surface area (Å²) in [7, 11) is 2.11. The molecular weight excluding hydrogens is 266 g/mol. The van der Waals surface area contributed by atoms with Crippen molar-refractivity contribution >= 4 is 5.97 Å². The van der Waals surface area contributed by atoms with Crippen molar-refractivity contribution in [3.8, 4) is 0 Å². The van der Waals surface area contributed by atoms with Crippen LogP contribution in [0.2, 0.25) is 0 Å². The van der Waals surface area contributed by atoms with Gasteiger partial charge in [-0.3, -0.25) is 9.78 Å². The summed E-state index contributed by atoms with van der Waals surface area (Å²) in [5, 5.41) is 12.4. The largest absolute Gasteiger partial charge is 0.481 e. The third kappa shape index (κ3) is 5.44. The van der Waals surface area contributed by atoms with Crippen molar-refractivity contribution in [2.75, 3.05) is 26.7 Å². The van der Waals surface area contributed by atoms with Crippen LogP contribution in [-0.4, -0.2) is 47.6 Å². The first-order chi connectivity index (χ1) is 10.1. The monoisotopic (exact) mass is 291 g/mol. The zero-order valence-electron chi connectivity index (χ0n) is 12.7. The SMILES string of the molecule is CN(CC[C@H]1CNCC[C@H]1CC(=O)O)Cc1cccnc1. The van der Waals surface area contributed by atoms with Crippen LogP contribution in [0.5, 0.6) is 0 Å². The number of hydrogen-bond donors (Lipinski definition) is 2. The first-order valence-corrected chi connectivity index (χ1v) is 7.65. The molecule has 21 heavy (non-hydrogen) atoms. The van der Waals surface area contributed by atoms with E-state index in [1.165, 1.54) is 5.56 Å². The highest BCUT2D eigenvalue weighted by molar-refractivity contribution is 5.67. The molecule has 5 nitrogen and oxygen atoms in total. The minimum atomic E-state index is -0.671. The second-order valence-electron chi connectivity index (χ2n) is 6.00. The summed E-state index contributed by atoms with van der Waals surface area (Å²) in [4.78, 5) is 17.4. The average Bonchev–Trinajstić information content (AvgIpc) is 2.47. The third-order valence-corrected chi connectivity index (χ3v) is 4.26. The first-order valence-electron chi connectivity index (χ1n) is 7.65. The molecule has 2 rings (SSSR count). The average molecular weight is 291 g/mol. The van der Waals surface area contributed by atoms with Gasteiger partial charge in [-0.1, -0.05) is 6.07 Å². The lowest BCUT2D eigenvalue weighted by atomic mass is 9.82. The fraction of sp³-hybridized carbons (Fsp3) is 0.625. The summed E-state index contributed by atoms with van der Waals surface area (Å²) in [5.74, 6) is 0.109. The second kappa shape index (κ2) is 8.10. The number of carboxylic acids is 1. The molecule has 0 saturated carbocycles. The molecule has 1 aromatic heterocycles. The maximum atomic E-state index is 11.0. The number of rotatable bonds is 7. The predicted octanol–water partition coefficient (Wildman–Crippen LogP) is 1.60. The molecule has 116 valence electrons. The summed E-state index contributed by atoms with van der Waals surface area (Å²) < 4.78 is 0. The van der Waals surface area contributed by atoms with Crippen LogP contribution >= 0.6 is 0 Å². The quantitative estimate of drug-likeness (QED) is 0.799. The molecular formula is C16H25N3O2. The smallest absolute Gasteiger partial charge is 0.303 e. The van der Waals surface area contributed by atoms with Crippen molar-refractivity contribution in [2.45, 2.75) is 25.8 Å². The third-order valence-electron chi connectivity index (χ3n) is 4.26. The van der Waals surface area contributed by atoms with Gasteiger partial charge in [0.2, 0.25) is 0 Å². The van der Waals surface area contributed by atoms with Gasteiger partial charge in [0, 0.05) is 25.4 Å². The topological polar surface area (TPSA) is 65.5 Å². The fourth-order valence-corrected chi connectivity index (χ4v) is 3.08. The van der Waals surface area contributed by atoms with E-state index in [4.69, 9.17) is 5.11 Å². The van der Waals surface area contributed by atoms with Gasteiger partial charge in [0.05, 0.1) is 0 Å². The number of carbonyl (C=O) groups is 1. The Balaban J connectivity index is 1.78. The molecule has 2 heterocycles. The van der Waals surface area contributed by atoms with E-state index < -0.39 is 5.97 Å². The molecule has 0 unspecified atom stereocenters. The summed E-state index contributed by atoms with van der Waals surface area (Å²) in [6.45, 7) is 3.76. The van der Waals surface area contributed by atoms with Crippen LogP contribution in [0.25, 0.3) is 0 Å². The summed E-state index contributed by atoms with van der Waals surface area (Å²) in [5.41, 5.74) is 1.21. The van der Waals surface area contributed by atoms with Crippen molar-refractivity contribution in [3.05, 3.63) is 30.1 Å². The van der Waals surface area contributed by atoms with Gasteiger partial charge in [0.15, 0.2) is 0 Å². The van der Waals surface area contributed by atoms with Gasteiger partial charge >= 0.3 is 5.97 Å². The van der Waals surface area contributed by atoms with E-state index >= 15 is 0 Å². The highest BCUT2D eigenvalue weighted by Crippen LogP contribution is 2.25. The van der Waals surface area contributed by atoms with Gasteiger partial charge in [0.1, 0.15) is 0 Å². The highest BCUT2D eigenvalue weighted by atomic mass is 16.4. The number of carboxylic acid groups (broad SMARTS) is 1. The Kier molecular flexibility index (Phi) is 6.14. The Hall–Kier alpha value is -1.46. The lowest BCUT2D eigenvalue weighted by Gasteiger charge is -2.32. The number of piperidine rings is 1. The van der Waals surface area contributed by atoms with Gasteiger partial charge < -0.3 is 15.3 Å². The molecule has 0 aromatic carbocycles. The lowest BCUT2D eigenvalue weighted by Crippen LogP contribution is -2.39. The number of pyridine rings is 1. The normalized spacial score (nSPS) is 22.4. The Morgan fingerprint density at radius 3 is 3.10 bits per heavy atom. The van der Waals surface area contributed by atoms with Crippen LogP contribution in [0.15, 0.2) is 24.5 Å². The molecule has 2 atom stereocenters. The molecule has 2 N–H and O–H groups in total. The number of nitrogens with one attached hydrogen (secondary N) is 1. The van der Waals surface area contributed by atoms with E-state index in [2.05, 4.69) is 28.3 Å². The van der Waals surface area contributed by atoms with E-state index in [-0.39, 0.29) is 0 Å². The van der Waals surface area contributed by atoms with E-state index in [1.807, 2.05) is 12.3 Å². The van der Waals surface area contributed by atoms with Gasteiger partial charge in [-0.15, -0.1) is 0 Å². The molecule has 5 heteroatoms. The van der Waals surface area contributed by atoms with Crippen molar-refractivity contribution in [3.63, 3.8) is 0 Å². The van der Waals surface area contributed by atoms with Gasteiger partial charge in [0.25, 0.3) is 0 Å². The number of aromatic nitrogens is 1.